The Bertz CT molecular complexity index is 1090. The fourth-order valence-corrected chi connectivity index (χ4v) is 4.37. The molecular formula is C23H20N2O4S. The van der Waals surface area contributed by atoms with Gasteiger partial charge in [0.05, 0.1) is 18.2 Å². The minimum atomic E-state index is -0.693. The van der Waals surface area contributed by atoms with Crippen molar-refractivity contribution >= 4 is 28.8 Å². The molecule has 0 radical (unpaired) electrons. The molecule has 1 aromatic carbocycles. The first-order chi connectivity index (χ1) is 14.6. The molecule has 1 aliphatic rings. The van der Waals surface area contributed by atoms with Crippen molar-refractivity contribution in [3.8, 4) is 5.75 Å². The zero-order valence-electron chi connectivity index (χ0n) is 16.3. The van der Waals surface area contributed by atoms with Crippen molar-refractivity contribution in [2.75, 3.05) is 6.61 Å². The highest BCUT2D eigenvalue weighted by Crippen LogP contribution is 2.42. The van der Waals surface area contributed by atoms with Gasteiger partial charge in [0.25, 0.3) is 11.7 Å². The second kappa shape index (κ2) is 8.51. The highest BCUT2D eigenvalue weighted by molar-refractivity contribution is 7.10. The zero-order chi connectivity index (χ0) is 21.1. The summed E-state index contributed by atoms with van der Waals surface area (Å²) in [5.74, 6) is -0.944. The summed E-state index contributed by atoms with van der Waals surface area (Å²) in [5.41, 5.74) is 1.38. The maximum atomic E-state index is 13.0. The molecule has 1 atom stereocenters. The van der Waals surface area contributed by atoms with Crippen LogP contribution in [-0.4, -0.2) is 33.3 Å². The van der Waals surface area contributed by atoms with Crippen LogP contribution in [0, 0.1) is 0 Å². The van der Waals surface area contributed by atoms with Gasteiger partial charge in [-0.2, -0.15) is 0 Å². The van der Waals surface area contributed by atoms with Crippen LogP contribution in [0.4, 0.5) is 0 Å². The highest BCUT2D eigenvalue weighted by Gasteiger charge is 2.46. The van der Waals surface area contributed by atoms with Crippen LogP contribution in [0.25, 0.3) is 5.76 Å². The molecule has 152 valence electrons. The van der Waals surface area contributed by atoms with Crippen molar-refractivity contribution in [3.05, 3.63) is 87.9 Å². The van der Waals surface area contributed by atoms with E-state index < -0.39 is 17.7 Å². The summed E-state index contributed by atoms with van der Waals surface area (Å²) in [5, 5.41) is 13.0. The second-order valence-electron chi connectivity index (χ2n) is 6.76. The Morgan fingerprint density at radius 2 is 1.97 bits per heavy atom. The molecule has 0 bridgehead atoms. The smallest absolute Gasteiger partial charge is 0.295 e. The Morgan fingerprint density at radius 3 is 2.67 bits per heavy atom. The Kier molecular flexibility index (Phi) is 5.63. The molecule has 4 rings (SSSR count). The topological polar surface area (TPSA) is 79.7 Å². The summed E-state index contributed by atoms with van der Waals surface area (Å²) in [6, 6.07) is 13.6. The van der Waals surface area contributed by atoms with Crippen molar-refractivity contribution in [2.24, 2.45) is 0 Å². The lowest BCUT2D eigenvalue weighted by molar-refractivity contribution is -0.140. The number of aromatic nitrogens is 1. The number of hydrogen-bond donors (Lipinski definition) is 1. The number of likely N-dealkylation sites (tertiary alicyclic amines) is 1. The Labute approximate surface area is 178 Å². The van der Waals surface area contributed by atoms with E-state index in [0.29, 0.717) is 17.9 Å². The highest BCUT2D eigenvalue weighted by atomic mass is 32.1. The number of rotatable bonds is 6. The Balaban J connectivity index is 1.81. The number of ether oxygens (including phenoxy) is 1. The lowest BCUT2D eigenvalue weighted by Crippen LogP contribution is -2.28. The minimum Gasteiger partial charge on any atom is -0.507 e. The molecule has 30 heavy (non-hydrogen) atoms. The Morgan fingerprint density at radius 1 is 1.17 bits per heavy atom. The molecular weight excluding hydrogens is 400 g/mol. The van der Waals surface area contributed by atoms with E-state index in [-0.39, 0.29) is 17.9 Å². The molecule has 1 aliphatic heterocycles. The van der Waals surface area contributed by atoms with Crippen molar-refractivity contribution < 1.29 is 19.4 Å². The number of nitrogens with zero attached hydrogens (tertiary/aromatic N) is 2. The molecule has 6 nitrogen and oxygen atoms in total. The van der Waals surface area contributed by atoms with E-state index in [1.165, 1.54) is 16.2 Å². The number of thiophene rings is 1. The first kappa shape index (κ1) is 19.8. The van der Waals surface area contributed by atoms with Gasteiger partial charge in [-0.25, -0.2) is 0 Å². The summed E-state index contributed by atoms with van der Waals surface area (Å²) in [6.45, 7) is 2.59. The van der Waals surface area contributed by atoms with Gasteiger partial charge in [-0.15, -0.1) is 11.3 Å². The number of hydrogen-bond acceptors (Lipinski definition) is 6. The number of amides is 1. The van der Waals surface area contributed by atoms with Gasteiger partial charge >= 0.3 is 0 Å². The quantitative estimate of drug-likeness (QED) is 0.368. The van der Waals surface area contributed by atoms with Crippen molar-refractivity contribution in [1.82, 2.24) is 9.88 Å². The van der Waals surface area contributed by atoms with Crippen LogP contribution in [0.1, 0.15) is 29.0 Å². The van der Waals surface area contributed by atoms with Crippen LogP contribution in [0.2, 0.25) is 0 Å². The number of aliphatic hydroxyl groups excluding tert-OH is 1. The van der Waals surface area contributed by atoms with Crippen LogP contribution < -0.4 is 4.74 Å². The summed E-state index contributed by atoms with van der Waals surface area (Å²) in [7, 11) is 0. The number of aliphatic hydroxyl groups is 1. The monoisotopic (exact) mass is 420 g/mol. The van der Waals surface area contributed by atoms with E-state index in [9.17, 15) is 14.7 Å². The van der Waals surface area contributed by atoms with E-state index in [1.54, 1.807) is 48.8 Å². The fraction of sp³-hybridized carbons (Fsp3) is 0.174. The van der Waals surface area contributed by atoms with E-state index in [0.717, 1.165) is 10.4 Å². The van der Waals surface area contributed by atoms with Crippen molar-refractivity contribution in [3.63, 3.8) is 0 Å². The third kappa shape index (κ3) is 3.71. The molecule has 7 heteroatoms. The molecule has 0 aliphatic carbocycles. The predicted octanol–water partition coefficient (Wildman–Crippen LogP) is 4.16. The van der Waals surface area contributed by atoms with Gasteiger partial charge in [-0.05, 0) is 48.2 Å². The Hall–Kier alpha value is -3.45. The van der Waals surface area contributed by atoms with E-state index in [1.807, 2.05) is 24.4 Å². The minimum absolute atomic E-state index is 0.0881. The molecule has 1 amide bonds. The average Bonchev–Trinajstić information content (AvgIpc) is 3.37. The van der Waals surface area contributed by atoms with Crippen molar-refractivity contribution in [1.29, 1.82) is 0 Å². The summed E-state index contributed by atoms with van der Waals surface area (Å²) >= 11 is 1.44. The molecule has 1 N–H and O–H groups in total. The van der Waals surface area contributed by atoms with E-state index >= 15 is 0 Å². The standard InChI is InChI=1S/C23H20N2O4S/c1-2-29-17-6-3-5-16(13-17)21(26)19-20(18-7-4-12-30-18)25(23(28)22(19)27)14-15-8-10-24-11-9-15/h3-13,20,26H,2,14H2,1H3/t20-/m1/s1. The van der Waals surface area contributed by atoms with Crippen LogP contribution in [-0.2, 0) is 16.1 Å². The third-order valence-electron chi connectivity index (χ3n) is 4.87. The van der Waals surface area contributed by atoms with Crippen LogP contribution >= 0.6 is 11.3 Å². The average molecular weight is 420 g/mol. The predicted molar refractivity (Wildman–Crippen MR) is 114 cm³/mol. The van der Waals surface area contributed by atoms with Gasteiger partial charge in [-0.1, -0.05) is 18.2 Å². The fourth-order valence-electron chi connectivity index (χ4n) is 3.53. The summed E-state index contributed by atoms with van der Waals surface area (Å²) < 4.78 is 5.51. The molecule has 2 aromatic heterocycles. The van der Waals surface area contributed by atoms with Gasteiger partial charge in [0.2, 0.25) is 0 Å². The number of carbonyl (C=O) groups is 2. The zero-order valence-corrected chi connectivity index (χ0v) is 17.1. The third-order valence-corrected chi connectivity index (χ3v) is 5.80. The molecule has 0 saturated carbocycles. The van der Waals surface area contributed by atoms with E-state index in [2.05, 4.69) is 4.98 Å². The van der Waals surface area contributed by atoms with Crippen molar-refractivity contribution in [2.45, 2.75) is 19.5 Å². The first-order valence-electron chi connectivity index (χ1n) is 9.54. The molecule has 0 unspecified atom stereocenters. The number of benzene rings is 1. The number of ketones is 1. The second-order valence-corrected chi connectivity index (χ2v) is 7.74. The van der Waals surface area contributed by atoms with Gasteiger partial charge in [0.1, 0.15) is 11.5 Å². The molecule has 1 fully saturated rings. The molecule has 0 spiro atoms. The SMILES string of the molecule is CCOc1cccc(C(O)=C2C(=O)C(=O)N(Cc3ccncc3)[C@@H]2c2cccs2)c1. The van der Waals surface area contributed by atoms with Crippen LogP contribution in [0.5, 0.6) is 5.75 Å². The van der Waals surface area contributed by atoms with Gasteiger partial charge in [0, 0.05) is 29.4 Å². The van der Waals surface area contributed by atoms with Gasteiger partial charge in [-0.3, -0.25) is 14.6 Å². The molecule has 3 heterocycles. The van der Waals surface area contributed by atoms with Gasteiger partial charge in [0.15, 0.2) is 0 Å². The first-order valence-corrected chi connectivity index (χ1v) is 10.4. The number of carbonyl (C=O) groups excluding carboxylic acids is 2. The molecule has 3 aromatic rings. The van der Waals surface area contributed by atoms with E-state index in [4.69, 9.17) is 4.74 Å². The lowest BCUT2D eigenvalue weighted by atomic mass is 9.99. The van der Waals surface area contributed by atoms with Gasteiger partial charge < -0.3 is 14.7 Å². The maximum Gasteiger partial charge on any atom is 0.295 e. The number of pyridine rings is 1. The lowest BCUT2D eigenvalue weighted by Gasteiger charge is -2.24. The largest absolute Gasteiger partial charge is 0.507 e. The van der Waals surface area contributed by atoms with Crippen LogP contribution in [0.15, 0.2) is 71.9 Å². The maximum absolute atomic E-state index is 13.0. The normalized spacial score (nSPS) is 18.0. The van der Waals surface area contributed by atoms with Crippen LogP contribution in [0.3, 0.4) is 0 Å². The molecule has 1 saturated heterocycles. The number of Topliss-reactive ketones (excluding diaryl/α,β-unsaturated/α-hetero) is 1. The summed E-state index contributed by atoms with van der Waals surface area (Å²) in [4.78, 5) is 32.2. The summed E-state index contributed by atoms with van der Waals surface area (Å²) in [6.07, 6.45) is 3.29.